The maximum absolute atomic E-state index is 12.4. The molecule has 2 nitrogen and oxygen atoms in total. The average molecular weight is 232 g/mol. The summed E-state index contributed by atoms with van der Waals surface area (Å²) in [5.41, 5.74) is -0.820. The van der Waals surface area contributed by atoms with Crippen LogP contribution < -0.4 is 0 Å². The van der Waals surface area contributed by atoms with Gasteiger partial charge in [0.1, 0.15) is 0 Å². The van der Waals surface area contributed by atoms with Crippen molar-refractivity contribution in [2.75, 3.05) is 0 Å². The number of halogens is 3. The second kappa shape index (κ2) is 4.15. The highest BCUT2D eigenvalue weighted by Gasteiger charge is 2.31. The lowest BCUT2D eigenvalue weighted by atomic mass is 9.95. The number of rotatable bonds is 2. The predicted octanol–water partition coefficient (Wildman–Crippen LogP) is 3.53. The normalized spacial score (nSPS) is 11.9. The molecule has 1 N–H and O–H groups in total. The second-order valence-corrected chi connectivity index (χ2v) is 3.76. The maximum Gasteiger partial charge on any atom is 0.416 e. The van der Waals surface area contributed by atoms with Crippen molar-refractivity contribution in [1.82, 2.24) is 0 Å². The van der Waals surface area contributed by atoms with E-state index in [1.165, 1.54) is 6.07 Å². The van der Waals surface area contributed by atoms with E-state index < -0.39 is 17.7 Å². The Labute approximate surface area is 90.7 Å². The minimum atomic E-state index is -4.51. The maximum atomic E-state index is 12.4. The molecule has 0 bridgehead atoms. The number of carboxylic acids is 1. The molecule has 0 radical (unpaired) electrons. The molecule has 0 heterocycles. The van der Waals surface area contributed by atoms with Crippen LogP contribution in [0.3, 0.4) is 0 Å². The quantitative estimate of drug-likeness (QED) is 0.846. The molecule has 1 aromatic carbocycles. The van der Waals surface area contributed by atoms with E-state index in [1.807, 2.05) is 0 Å². The molecule has 0 aliphatic heterocycles. The van der Waals surface area contributed by atoms with Gasteiger partial charge in [0.05, 0.1) is 11.1 Å². The Balaban J connectivity index is 3.34. The monoisotopic (exact) mass is 232 g/mol. The van der Waals surface area contributed by atoms with Crippen LogP contribution in [0.5, 0.6) is 0 Å². The molecule has 0 atom stereocenters. The van der Waals surface area contributed by atoms with Crippen molar-refractivity contribution >= 4 is 5.97 Å². The van der Waals surface area contributed by atoms with Crippen LogP contribution in [0.15, 0.2) is 18.2 Å². The number of alkyl halides is 3. The molecule has 0 saturated carbocycles. The van der Waals surface area contributed by atoms with E-state index in [0.717, 1.165) is 6.07 Å². The van der Waals surface area contributed by atoms with E-state index in [-0.39, 0.29) is 11.5 Å². The summed E-state index contributed by atoms with van der Waals surface area (Å²) in [5.74, 6) is -1.47. The Hall–Kier alpha value is -1.52. The fourth-order valence-corrected chi connectivity index (χ4v) is 1.42. The van der Waals surface area contributed by atoms with Gasteiger partial charge in [-0.1, -0.05) is 19.9 Å². The summed E-state index contributed by atoms with van der Waals surface area (Å²) in [7, 11) is 0. The minimum absolute atomic E-state index is 0.131. The Bertz CT molecular complexity index is 408. The van der Waals surface area contributed by atoms with Gasteiger partial charge in [0.25, 0.3) is 0 Å². The fourth-order valence-electron chi connectivity index (χ4n) is 1.42. The molecule has 0 saturated heterocycles. The number of carbonyl (C=O) groups is 1. The molecule has 0 aromatic heterocycles. The first-order chi connectivity index (χ1) is 7.23. The van der Waals surface area contributed by atoms with Gasteiger partial charge >= 0.3 is 12.1 Å². The number of carboxylic acid groups (broad SMARTS) is 1. The molecule has 0 fully saturated rings. The first-order valence-electron chi connectivity index (χ1n) is 4.68. The number of hydrogen-bond acceptors (Lipinski definition) is 1. The van der Waals surface area contributed by atoms with Crippen molar-refractivity contribution in [1.29, 1.82) is 0 Å². The van der Waals surface area contributed by atoms with Crippen LogP contribution in [-0.4, -0.2) is 11.1 Å². The van der Waals surface area contributed by atoms with Crippen LogP contribution in [0.1, 0.15) is 41.3 Å². The SMILES string of the molecule is CC(C)c1ccc(C(F)(F)F)cc1C(=O)O. The molecule has 16 heavy (non-hydrogen) atoms. The molecule has 0 spiro atoms. The Morgan fingerprint density at radius 3 is 2.25 bits per heavy atom. The van der Waals surface area contributed by atoms with E-state index in [4.69, 9.17) is 5.11 Å². The lowest BCUT2D eigenvalue weighted by molar-refractivity contribution is -0.137. The number of hydrogen-bond donors (Lipinski definition) is 1. The molecule has 5 heteroatoms. The van der Waals surface area contributed by atoms with Crippen molar-refractivity contribution in [3.05, 3.63) is 34.9 Å². The lowest BCUT2D eigenvalue weighted by Crippen LogP contribution is -2.10. The summed E-state index contributed by atoms with van der Waals surface area (Å²) in [6, 6.07) is 2.80. The van der Waals surface area contributed by atoms with Crippen molar-refractivity contribution in [2.24, 2.45) is 0 Å². The van der Waals surface area contributed by atoms with Crippen LogP contribution in [0.25, 0.3) is 0 Å². The van der Waals surface area contributed by atoms with Crippen molar-refractivity contribution in [3.8, 4) is 0 Å². The zero-order chi connectivity index (χ0) is 12.5. The predicted molar refractivity (Wildman–Crippen MR) is 52.5 cm³/mol. The summed E-state index contributed by atoms with van der Waals surface area (Å²) >= 11 is 0. The van der Waals surface area contributed by atoms with Crippen LogP contribution >= 0.6 is 0 Å². The first-order valence-corrected chi connectivity index (χ1v) is 4.68. The van der Waals surface area contributed by atoms with Crippen LogP contribution in [0.2, 0.25) is 0 Å². The van der Waals surface area contributed by atoms with Gasteiger partial charge in [-0.25, -0.2) is 4.79 Å². The van der Waals surface area contributed by atoms with Crippen molar-refractivity contribution in [3.63, 3.8) is 0 Å². The zero-order valence-electron chi connectivity index (χ0n) is 8.80. The highest BCUT2D eigenvalue weighted by Crippen LogP contribution is 2.32. The van der Waals surface area contributed by atoms with Gasteiger partial charge in [0.15, 0.2) is 0 Å². The Morgan fingerprint density at radius 1 is 1.31 bits per heavy atom. The largest absolute Gasteiger partial charge is 0.478 e. The Morgan fingerprint density at radius 2 is 1.88 bits per heavy atom. The smallest absolute Gasteiger partial charge is 0.416 e. The Kier molecular flexibility index (Phi) is 3.26. The number of benzene rings is 1. The molecule has 88 valence electrons. The van der Waals surface area contributed by atoms with E-state index in [1.54, 1.807) is 13.8 Å². The van der Waals surface area contributed by atoms with Crippen molar-refractivity contribution < 1.29 is 23.1 Å². The second-order valence-electron chi connectivity index (χ2n) is 3.76. The van der Waals surface area contributed by atoms with Gasteiger partial charge in [-0.3, -0.25) is 0 Å². The van der Waals surface area contributed by atoms with Gasteiger partial charge in [-0.05, 0) is 23.6 Å². The van der Waals surface area contributed by atoms with E-state index >= 15 is 0 Å². The summed E-state index contributed by atoms with van der Waals surface area (Å²) in [6.45, 7) is 3.46. The fraction of sp³-hybridized carbons (Fsp3) is 0.364. The third-order valence-corrected chi connectivity index (χ3v) is 2.23. The van der Waals surface area contributed by atoms with Gasteiger partial charge < -0.3 is 5.11 Å². The average Bonchev–Trinajstić information content (AvgIpc) is 2.15. The molecular weight excluding hydrogens is 221 g/mol. The topological polar surface area (TPSA) is 37.3 Å². The van der Waals surface area contributed by atoms with E-state index in [9.17, 15) is 18.0 Å². The molecular formula is C11H11F3O2. The molecule has 0 amide bonds. The molecule has 0 aliphatic rings. The summed E-state index contributed by atoms with van der Waals surface area (Å²) < 4.78 is 37.1. The minimum Gasteiger partial charge on any atom is -0.478 e. The summed E-state index contributed by atoms with van der Waals surface area (Å²) in [5, 5.41) is 8.84. The lowest BCUT2D eigenvalue weighted by Gasteiger charge is -2.13. The highest BCUT2D eigenvalue weighted by atomic mass is 19.4. The van der Waals surface area contributed by atoms with E-state index in [0.29, 0.717) is 11.6 Å². The molecule has 0 aliphatic carbocycles. The van der Waals surface area contributed by atoms with Gasteiger partial charge in [-0.15, -0.1) is 0 Å². The molecule has 1 aromatic rings. The summed E-state index contributed by atoms with van der Waals surface area (Å²) in [6.07, 6.45) is -4.51. The van der Waals surface area contributed by atoms with E-state index in [2.05, 4.69) is 0 Å². The van der Waals surface area contributed by atoms with Gasteiger partial charge in [-0.2, -0.15) is 13.2 Å². The van der Waals surface area contributed by atoms with Gasteiger partial charge in [0.2, 0.25) is 0 Å². The summed E-state index contributed by atoms with van der Waals surface area (Å²) in [4.78, 5) is 10.8. The van der Waals surface area contributed by atoms with Crippen LogP contribution in [0.4, 0.5) is 13.2 Å². The van der Waals surface area contributed by atoms with Crippen molar-refractivity contribution in [2.45, 2.75) is 25.9 Å². The van der Waals surface area contributed by atoms with Crippen LogP contribution in [-0.2, 0) is 6.18 Å². The molecule has 1 rings (SSSR count). The third-order valence-electron chi connectivity index (χ3n) is 2.23. The highest BCUT2D eigenvalue weighted by molar-refractivity contribution is 5.89. The molecule has 0 unspecified atom stereocenters. The van der Waals surface area contributed by atoms with Gasteiger partial charge in [0, 0.05) is 0 Å². The standard InChI is InChI=1S/C11H11F3O2/c1-6(2)8-4-3-7(11(12,13)14)5-9(8)10(15)16/h3-6H,1-2H3,(H,15,16). The third kappa shape index (κ3) is 2.53. The van der Waals surface area contributed by atoms with Crippen LogP contribution in [0, 0.1) is 0 Å². The number of aromatic carboxylic acids is 1. The first kappa shape index (κ1) is 12.5. The zero-order valence-corrected chi connectivity index (χ0v) is 8.80.